The highest BCUT2D eigenvalue weighted by molar-refractivity contribution is 5.95. The van der Waals surface area contributed by atoms with Crippen molar-refractivity contribution in [3.05, 3.63) is 28.8 Å². The molecule has 6 heteroatoms. The first-order valence-corrected chi connectivity index (χ1v) is 6.20. The zero-order valence-corrected chi connectivity index (χ0v) is 11.7. The minimum atomic E-state index is -1.03. The molecule has 6 nitrogen and oxygen atoms in total. The third-order valence-electron chi connectivity index (χ3n) is 2.91. The van der Waals surface area contributed by atoms with Gasteiger partial charge in [-0.2, -0.15) is 0 Å². The van der Waals surface area contributed by atoms with Crippen LogP contribution < -0.4 is 10.6 Å². The number of carboxylic acids is 1. The summed E-state index contributed by atoms with van der Waals surface area (Å²) in [5.74, 6) is -1.50. The van der Waals surface area contributed by atoms with Crippen LogP contribution in [0.4, 0.5) is 5.69 Å². The van der Waals surface area contributed by atoms with Gasteiger partial charge in [0.2, 0.25) is 11.8 Å². The number of aryl methyl sites for hydroxylation is 1. The van der Waals surface area contributed by atoms with E-state index in [0.717, 1.165) is 5.56 Å². The second kappa shape index (κ2) is 6.70. The Morgan fingerprint density at radius 2 is 1.85 bits per heavy atom. The van der Waals surface area contributed by atoms with Gasteiger partial charge in [0.25, 0.3) is 0 Å². The molecule has 0 spiro atoms. The minimum Gasteiger partial charge on any atom is -0.478 e. The minimum absolute atomic E-state index is 0.134. The van der Waals surface area contributed by atoms with Crippen molar-refractivity contribution in [2.45, 2.75) is 27.2 Å². The first-order chi connectivity index (χ1) is 9.31. The Morgan fingerprint density at radius 1 is 1.20 bits per heavy atom. The number of carbonyl (C=O) groups is 3. The third-order valence-corrected chi connectivity index (χ3v) is 2.91. The monoisotopic (exact) mass is 278 g/mol. The van der Waals surface area contributed by atoms with Crippen LogP contribution in [0.5, 0.6) is 0 Å². The fraction of sp³-hybridized carbons (Fsp3) is 0.357. The Kier molecular flexibility index (Phi) is 5.25. The van der Waals surface area contributed by atoms with Gasteiger partial charge < -0.3 is 15.7 Å². The number of aromatic carboxylic acids is 1. The predicted octanol–water partition coefficient (Wildman–Crippen LogP) is 1.47. The molecule has 1 aromatic rings. The molecular formula is C14H18N2O4. The second-order valence-corrected chi connectivity index (χ2v) is 4.55. The summed E-state index contributed by atoms with van der Waals surface area (Å²) >= 11 is 0. The number of rotatable bonds is 5. The lowest BCUT2D eigenvalue weighted by molar-refractivity contribution is -0.119. The van der Waals surface area contributed by atoms with E-state index in [-0.39, 0.29) is 30.3 Å². The second-order valence-electron chi connectivity index (χ2n) is 4.55. The number of amides is 2. The highest BCUT2D eigenvalue weighted by atomic mass is 16.4. The van der Waals surface area contributed by atoms with Crippen molar-refractivity contribution in [3.8, 4) is 0 Å². The van der Waals surface area contributed by atoms with Crippen LogP contribution in [0.1, 0.15) is 34.8 Å². The van der Waals surface area contributed by atoms with Crippen molar-refractivity contribution in [3.63, 3.8) is 0 Å². The Morgan fingerprint density at radius 3 is 2.40 bits per heavy atom. The molecule has 0 saturated heterocycles. The number of benzene rings is 1. The number of carbonyl (C=O) groups excluding carboxylic acids is 2. The van der Waals surface area contributed by atoms with E-state index in [9.17, 15) is 14.4 Å². The van der Waals surface area contributed by atoms with E-state index in [1.165, 1.54) is 13.0 Å². The topological polar surface area (TPSA) is 95.5 Å². The highest BCUT2D eigenvalue weighted by Crippen LogP contribution is 2.20. The number of hydrogen-bond donors (Lipinski definition) is 3. The van der Waals surface area contributed by atoms with Crippen LogP contribution in [0.15, 0.2) is 12.1 Å². The van der Waals surface area contributed by atoms with Crippen LogP contribution in [0.25, 0.3) is 0 Å². The highest BCUT2D eigenvalue weighted by Gasteiger charge is 2.12. The number of nitrogens with one attached hydrogen (secondary N) is 2. The summed E-state index contributed by atoms with van der Waals surface area (Å²) in [6, 6.07) is 3.15. The summed E-state index contributed by atoms with van der Waals surface area (Å²) in [4.78, 5) is 33.4. The van der Waals surface area contributed by atoms with Crippen LogP contribution in [-0.4, -0.2) is 29.4 Å². The lowest BCUT2D eigenvalue weighted by Crippen LogP contribution is -2.25. The van der Waals surface area contributed by atoms with E-state index in [4.69, 9.17) is 5.11 Å². The largest absolute Gasteiger partial charge is 0.478 e. The van der Waals surface area contributed by atoms with Gasteiger partial charge in [-0.3, -0.25) is 9.59 Å². The quantitative estimate of drug-likeness (QED) is 0.760. The van der Waals surface area contributed by atoms with Gasteiger partial charge >= 0.3 is 5.97 Å². The first-order valence-electron chi connectivity index (χ1n) is 6.20. The Bertz CT molecular complexity index is 552. The maximum atomic E-state index is 11.7. The van der Waals surface area contributed by atoms with Crippen molar-refractivity contribution < 1.29 is 19.5 Å². The molecule has 1 rings (SSSR count). The smallest absolute Gasteiger partial charge is 0.336 e. The van der Waals surface area contributed by atoms with E-state index < -0.39 is 5.97 Å². The van der Waals surface area contributed by atoms with Gasteiger partial charge in [0.1, 0.15) is 0 Å². The zero-order valence-electron chi connectivity index (χ0n) is 11.7. The maximum Gasteiger partial charge on any atom is 0.336 e. The van der Waals surface area contributed by atoms with Crippen LogP contribution in [0.3, 0.4) is 0 Å². The summed E-state index contributed by atoms with van der Waals surface area (Å²) in [6.45, 7) is 5.13. The fourth-order valence-electron chi connectivity index (χ4n) is 1.73. The molecule has 20 heavy (non-hydrogen) atoms. The summed E-state index contributed by atoms with van der Waals surface area (Å²) in [5.41, 5.74) is 2.08. The molecule has 108 valence electrons. The van der Waals surface area contributed by atoms with Crippen molar-refractivity contribution >= 4 is 23.5 Å². The van der Waals surface area contributed by atoms with E-state index in [2.05, 4.69) is 10.6 Å². The summed E-state index contributed by atoms with van der Waals surface area (Å²) < 4.78 is 0. The molecule has 0 heterocycles. The fourth-order valence-corrected chi connectivity index (χ4v) is 1.73. The summed E-state index contributed by atoms with van der Waals surface area (Å²) in [6.07, 6.45) is 0.134. The molecule has 0 radical (unpaired) electrons. The SMILES string of the molecule is CC(=O)NCCC(=O)Nc1cc(C)c(C)c(C(=O)O)c1. The zero-order chi connectivity index (χ0) is 15.3. The van der Waals surface area contributed by atoms with E-state index in [1.807, 2.05) is 0 Å². The van der Waals surface area contributed by atoms with Crippen LogP contribution in [0, 0.1) is 13.8 Å². The van der Waals surface area contributed by atoms with E-state index in [1.54, 1.807) is 19.9 Å². The average molecular weight is 278 g/mol. The third kappa shape index (κ3) is 4.38. The van der Waals surface area contributed by atoms with Gasteiger partial charge in [-0.05, 0) is 37.1 Å². The van der Waals surface area contributed by atoms with Gasteiger partial charge in [-0.25, -0.2) is 4.79 Å². The van der Waals surface area contributed by atoms with Gasteiger partial charge in [0, 0.05) is 25.6 Å². The molecule has 0 aliphatic heterocycles. The Labute approximate surface area is 117 Å². The average Bonchev–Trinajstić information content (AvgIpc) is 2.32. The van der Waals surface area contributed by atoms with E-state index in [0.29, 0.717) is 11.3 Å². The lowest BCUT2D eigenvalue weighted by atomic mass is 10.0. The molecule has 2 amide bonds. The maximum absolute atomic E-state index is 11.7. The van der Waals surface area contributed by atoms with Crippen LogP contribution in [-0.2, 0) is 9.59 Å². The molecule has 0 saturated carbocycles. The molecular weight excluding hydrogens is 260 g/mol. The van der Waals surface area contributed by atoms with Crippen molar-refractivity contribution in [2.75, 3.05) is 11.9 Å². The Hall–Kier alpha value is -2.37. The summed E-state index contributed by atoms with van der Waals surface area (Å²) in [7, 11) is 0. The lowest BCUT2D eigenvalue weighted by Gasteiger charge is -2.10. The van der Waals surface area contributed by atoms with Gasteiger partial charge in [-0.15, -0.1) is 0 Å². The normalized spacial score (nSPS) is 9.95. The molecule has 0 aliphatic rings. The Balaban J connectivity index is 2.75. The van der Waals surface area contributed by atoms with Crippen LogP contribution >= 0.6 is 0 Å². The molecule has 0 aliphatic carbocycles. The molecule has 0 unspecified atom stereocenters. The van der Waals surface area contributed by atoms with Crippen molar-refractivity contribution in [1.82, 2.24) is 5.32 Å². The molecule has 0 fully saturated rings. The molecule has 0 atom stereocenters. The predicted molar refractivity (Wildman–Crippen MR) is 74.8 cm³/mol. The van der Waals surface area contributed by atoms with Crippen molar-refractivity contribution in [1.29, 1.82) is 0 Å². The molecule has 0 bridgehead atoms. The standard InChI is InChI=1S/C14H18N2O4/c1-8-6-11(7-12(9(8)2)14(19)20)16-13(18)4-5-15-10(3)17/h6-7H,4-5H2,1-3H3,(H,15,17)(H,16,18)(H,19,20). The molecule has 1 aromatic carbocycles. The first kappa shape index (κ1) is 15.7. The summed E-state index contributed by atoms with van der Waals surface area (Å²) in [5, 5.41) is 14.2. The molecule has 3 N–H and O–H groups in total. The van der Waals surface area contributed by atoms with Crippen molar-refractivity contribution in [2.24, 2.45) is 0 Å². The van der Waals surface area contributed by atoms with Gasteiger partial charge in [0.15, 0.2) is 0 Å². The number of carboxylic acid groups (broad SMARTS) is 1. The molecule has 0 aromatic heterocycles. The van der Waals surface area contributed by atoms with Gasteiger partial charge in [-0.1, -0.05) is 0 Å². The number of anilines is 1. The van der Waals surface area contributed by atoms with E-state index >= 15 is 0 Å². The van der Waals surface area contributed by atoms with Gasteiger partial charge in [0.05, 0.1) is 5.56 Å². The number of hydrogen-bond acceptors (Lipinski definition) is 3. The van der Waals surface area contributed by atoms with Crippen LogP contribution in [0.2, 0.25) is 0 Å².